The highest BCUT2D eigenvalue weighted by Crippen LogP contribution is 2.44. The van der Waals surface area contributed by atoms with E-state index >= 15 is 0 Å². The number of nitrogen functional groups attached to an aromatic ring is 1. The molecular formula is C25H32FN3O3Si. The molecule has 176 valence electrons. The summed E-state index contributed by atoms with van der Waals surface area (Å²) >= 11 is 0. The van der Waals surface area contributed by atoms with E-state index in [0.29, 0.717) is 6.04 Å². The highest BCUT2D eigenvalue weighted by molar-refractivity contribution is 6.85. The molecule has 0 saturated heterocycles. The van der Waals surface area contributed by atoms with Crippen molar-refractivity contribution in [3.05, 3.63) is 83.2 Å². The molecule has 0 amide bonds. The maximum atomic E-state index is 14.1. The van der Waals surface area contributed by atoms with Crippen molar-refractivity contribution in [1.29, 1.82) is 0 Å². The summed E-state index contributed by atoms with van der Waals surface area (Å²) in [6.07, 6.45) is 0.0312. The molecule has 0 aliphatic rings. The first-order valence-electron chi connectivity index (χ1n) is 11.0. The van der Waals surface area contributed by atoms with Crippen LogP contribution in [0.2, 0.25) is 6.04 Å². The Labute approximate surface area is 195 Å². The van der Waals surface area contributed by atoms with Crippen LogP contribution in [-0.2, 0) is 6.54 Å². The van der Waals surface area contributed by atoms with Gasteiger partial charge in [-0.1, -0.05) is 91.8 Å². The van der Waals surface area contributed by atoms with Crippen LogP contribution in [0.3, 0.4) is 0 Å². The fourth-order valence-corrected chi connectivity index (χ4v) is 7.62. The van der Waals surface area contributed by atoms with Crippen LogP contribution >= 0.6 is 0 Å². The summed E-state index contributed by atoms with van der Waals surface area (Å²) in [6.45, 7) is 5.23. The fraction of sp³-hybridized carbons (Fsp3) is 0.360. The van der Waals surface area contributed by atoms with Crippen LogP contribution in [-0.4, -0.2) is 41.3 Å². The first-order chi connectivity index (χ1) is 15.6. The molecule has 0 spiro atoms. The summed E-state index contributed by atoms with van der Waals surface area (Å²) in [5, 5.41) is 24.6. The number of anilines is 1. The van der Waals surface area contributed by atoms with Crippen LogP contribution in [0.5, 0.6) is 0 Å². The van der Waals surface area contributed by atoms with Gasteiger partial charge in [-0.3, -0.25) is 4.57 Å². The number of rotatable bonds is 8. The fourth-order valence-electron chi connectivity index (χ4n) is 4.42. The predicted molar refractivity (Wildman–Crippen MR) is 132 cm³/mol. The van der Waals surface area contributed by atoms with Crippen molar-refractivity contribution >= 4 is 25.0 Å². The van der Waals surface area contributed by atoms with Crippen molar-refractivity contribution in [2.75, 3.05) is 12.3 Å². The molecule has 2 unspecified atom stereocenters. The molecule has 4 N–H and O–H groups in total. The second kappa shape index (κ2) is 9.99. The van der Waals surface area contributed by atoms with Gasteiger partial charge in [-0.2, -0.15) is 4.98 Å². The van der Waals surface area contributed by atoms with Crippen molar-refractivity contribution in [1.82, 2.24) is 9.55 Å². The van der Waals surface area contributed by atoms with Gasteiger partial charge in [0.05, 0.1) is 12.7 Å². The van der Waals surface area contributed by atoms with Crippen molar-refractivity contribution in [2.45, 2.75) is 39.5 Å². The largest absolute Gasteiger partial charge is 0.396 e. The van der Waals surface area contributed by atoms with E-state index < -0.39 is 43.1 Å². The molecule has 1 heterocycles. The van der Waals surface area contributed by atoms with Crippen LogP contribution in [0.15, 0.2) is 71.7 Å². The van der Waals surface area contributed by atoms with Gasteiger partial charge in [0.1, 0.15) is 8.80 Å². The first kappa shape index (κ1) is 24.8. The van der Waals surface area contributed by atoms with Gasteiger partial charge in [0, 0.05) is 18.2 Å². The Balaban J connectivity index is 2.05. The number of aliphatic hydroxyl groups is 2. The Morgan fingerprint density at radius 2 is 1.58 bits per heavy atom. The summed E-state index contributed by atoms with van der Waals surface area (Å²) in [7, 11) is -1.89. The van der Waals surface area contributed by atoms with E-state index in [1.165, 1.54) is 10.4 Å². The summed E-state index contributed by atoms with van der Waals surface area (Å²) in [4.78, 5) is 16.0. The minimum Gasteiger partial charge on any atom is -0.396 e. The average Bonchev–Trinajstić information content (AvgIpc) is 2.79. The lowest BCUT2D eigenvalue weighted by Crippen LogP contribution is -2.56. The van der Waals surface area contributed by atoms with E-state index in [-0.39, 0.29) is 13.2 Å². The zero-order valence-electron chi connectivity index (χ0n) is 19.3. The predicted octanol–water partition coefficient (Wildman–Crippen LogP) is 1.39. The molecule has 3 rings (SSSR count). The number of aromatic nitrogens is 2. The number of nitrogens with zero attached hydrogens (tertiary/aromatic N) is 2. The molecule has 0 radical (unpaired) electrons. The molecule has 0 aliphatic heterocycles. The van der Waals surface area contributed by atoms with E-state index in [0.717, 1.165) is 10.8 Å². The molecule has 3 aromatic rings. The van der Waals surface area contributed by atoms with Crippen molar-refractivity contribution in [3.8, 4) is 0 Å². The van der Waals surface area contributed by atoms with Gasteiger partial charge in [0.2, 0.25) is 0 Å². The zero-order chi connectivity index (χ0) is 24.2. The quantitative estimate of drug-likeness (QED) is 0.433. The summed E-state index contributed by atoms with van der Waals surface area (Å²) < 4.78 is 15.2. The number of halogens is 1. The molecule has 0 fully saturated rings. The number of nitrogens with two attached hydrogens (primary N) is 1. The molecule has 2 aromatic carbocycles. The van der Waals surface area contributed by atoms with Crippen LogP contribution in [0.1, 0.15) is 20.8 Å². The van der Waals surface area contributed by atoms with E-state index in [4.69, 9.17) is 5.73 Å². The first-order valence-corrected chi connectivity index (χ1v) is 13.0. The van der Waals surface area contributed by atoms with Crippen LogP contribution in [0.25, 0.3) is 0 Å². The molecule has 0 saturated carbocycles. The van der Waals surface area contributed by atoms with Gasteiger partial charge in [-0.25, -0.2) is 9.18 Å². The molecule has 33 heavy (non-hydrogen) atoms. The molecule has 1 aromatic heterocycles. The zero-order valence-corrected chi connectivity index (χ0v) is 20.4. The monoisotopic (exact) mass is 469 g/mol. The van der Waals surface area contributed by atoms with Crippen LogP contribution in [0.4, 0.5) is 10.2 Å². The summed E-state index contributed by atoms with van der Waals surface area (Å²) in [5.74, 6) is -1.28. The van der Waals surface area contributed by atoms with Gasteiger partial charge in [-0.15, -0.1) is 0 Å². The Morgan fingerprint density at radius 3 is 2.03 bits per heavy atom. The summed E-state index contributed by atoms with van der Waals surface area (Å²) in [5.41, 5.74) is 2.96. The maximum absolute atomic E-state index is 14.1. The minimum atomic E-state index is -1.89. The third kappa shape index (κ3) is 5.24. The highest BCUT2D eigenvalue weighted by atomic mass is 28.3. The molecular weight excluding hydrogens is 437 g/mol. The lowest BCUT2D eigenvalue weighted by molar-refractivity contribution is -0.0930. The Morgan fingerprint density at radius 1 is 1.06 bits per heavy atom. The number of benzene rings is 2. The van der Waals surface area contributed by atoms with Crippen molar-refractivity contribution < 1.29 is 14.6 Å². The highest BCUT2D eigenvalue weighted by Gasteiger charge is 2.48. The van der Waals surface area contributed by atoms with E-state index in [1.807, 2.05) is 57.2 Å². The Hall–Kier alpha value is -2.81. The standard InChI is InChI=1S/C25H32FN3O3Si/c1-24(2,3)25(17-30,16-29-14-20(26)22(27)28-23(29)32)21(31)15-33(18-10-6-4-7-11-18)19-12-8-5-9-13-19/h4-14,21,30-31,33H,15-17H2,1-3H3,(H2,27,28,32). The van der Waals surface area contributed by atoms with Gasteiger partial charge in [0.15, 0.2) is 11.6 Å². The number of hydrogen-bond acceptors (Lipinski definition) is 5. The van der Waals surface area contributed by atoms with E-state index in [1.54, 1.807) is 0 Å². The topological polar surface area (TPSA) is 101 Å². The number of hydrogen-bond donors (Lipinski definition) is 3. The van der Waals surface area contributed by atoms with E-state index in [2.05, 4.69) is 29.2 Å². The smallest absolute Gasteiger partial charge is 0.349 e. The van der Waals surface area contributed by atoms with Gasteiger partial charge >= 0.3 is 5.69 Å². The SMILES string of the molecule is CC(C)(C)C(CO)(Cn1cc(F)c(N)nc1=O)C(O)C[SiH](c1ccccc1)c1ccccc1. The minimum absolute atomic E-state index is 0.0953. The van der Waals surface area contributed by atoms with Crippen molar-refractivity contribution in [2.24, 2.45) is 10.8 Å². The van der Waals surface area contributed by atoms with Gasteiger partial charge in [0.25, 0.3) is 0 Å². The van der Waals surface area contributed by atoms with Gasteiger partial charge < -0.3 is 15.9 Å². The van der Waals surface area contributed by atoms with Gasteiger partial charge in [-0.05, 0) is 11.5 Å². The lowest BCUT2D eigenvalue weighted by Gasteiger charge is -2.48. The molecule has 2 atom stereocenters. The van der Waals surface area contributed by atoms with Crippen molar-refractivity contribution in [3.63, 3.8) is 0 Å². The Kier molecular flexibility index (Phi) is 7.51. The number of aliphatic hydroxyl groups excluding tert-OH is 2. The molecule has 0 bridgehead atoms. The average molecular weight is 470 g/mol. The second-order valence-corrected chi connectivity index (χ2v) is 12.5. The third-order valence-corrected chi connectivity index (χ3v) is 10.0. The summed E-state index contributed by atoms with van der Waals surface area (Å²) in [6, 6.07) is 20.5. The maximum Gasteiger partial charge on any atom is 0.349 e. The Bertz CT molecular complexity index is 1080. The molecule has 0 aliphatic carbocycles. The molecule has 8 heteroatoms. The molecule has 6 nitrogen and oxygen atoms in total. The second-order valence-electron chi connectivity index (χ2n) is 9.57. The third-order valence-electron chi connectivity index (χ3n) is 6.70. The van der Waals surface area contributed by atoms with E-state index in [9.17, 15) is 19.4 Å². The normalized spacial score (nSPS) is 14.8. The lowest BCUT2D eigenvalue weighted by atomic mass is 9.63. The van der Waals surface area contributed by atoms with Crippen LogP contribution < -0.4 is 21.8 Å². The van der Waals surface area contributed by atoms with Crippen LogP contribution in [0, 0.1) is 16.6 Å².